The molecule has 1 N–H and O–H groups in total. The minimum atomic E-state index is -1.93. The smallest absolute Gasteiger partial charge is 0.241 e. The van der Waals surface area contributed by atoms with Crippen LogP contribution in [0.25, 0.3) is 0 Å². The van der Waals surface area contributed by atoms with Gasteiger partial charge in [-0.2, -0.15) is 0 Å². The molecule has 5 heteroatoms. The summed E-state index contributed by atoms with van der Waals surface area (Å²) in [5.41, 5.74) is 1.63. The van der Waals surface area contributed by atoms with Crippen LogP contribution >= 0.6 is 0 Å². The average Bonchev–Trinajstić information content (AvgIpc) is 2.52. The molecule has 3 nitrogen and oxygen atoms in total. The van der Waals surface area contributed by atoms with Crippen molar-refractivity contribution in [1.82, 2.24) is 0 Å². The van der Waals surface area contributed by atoms with E-state index in [1.165, 1.54) is 11.1 Å². The Morgan fingerprint density at radius 2 is 1.72 bits per heavy atom. The molecule has 0 aromatic carbocycles. The molecule has 0 amide bonds. The summed E-state index contributed by atoms with van der Waals surface area (Å²) in [6.07, 6.45) is 8.98. The highest BCUT2D eigenvalue weighted by Gasteiger charge is 2.44. The Balaban J connectivity index is 3.17. The van der Waals surface area contributed by atoms with Gasteiger partial charge in [0.25, 0.3) is 0 Å². The van der Waals surface area contributed by atoms with Crippen LogP contribution in [0.5, 0.6) is 0 Å². The van der Waals surface area contributed by atoms with Gasteiger partial charge in [0, 0.05) is 12.3 Å². The summed E-state index contributed by atoms with van der Waals surface area (Å²) in [5, 5.41) is 11.8. The van der Waals surface area contributed by atoms with Gasteiger partial charge < -0.3 is 14.0 Å². The molecule has 29 heavy (non-hydrogen) atoms. The van der Waals surface area contributed by atoms with Crippen LogP contribution in [0.3, 0.4) is 0 Å². The van der Waals surface area contributed by atoms with Crippen molar-refractivity contribution < 1.29 is 14.0 Å². The summed E-state index contributed by atoms with van der Waals surface area (Å²) < 4.78 is 12.8. The van der Waals surface area contributed by atoms with Gasteiger partial charge in [-0.3, -0.25) is 0 Å². The van der Waals surface area contributed by atoms with E-state index in [1.807, 2.05) is 0 Å². The summed E-state index contributed by atoms with van der Waals surface area (Å²) in [6, 6.07) is 0. The summed E-state index contributed by atoms with van der Waals surface area (Å²) in [5.74, 6) is 0.971. The Kier molecular flexibility index (Phi) is 8.81. The minimum absolute atomic E-state index is 0.0714. The van der Waals surface area contributed by atoms with Crippen molar-refractivity contribution in [3.05, 3.63) is 35.1 Å². The monoisotopic (exact) mass is 438 g/mol. The molecule has 1 rings (SSSR count). The van der Waals surface area contributed by atoms with E-state index in [2.05, 4.69) is 92.5 Å². The second kappa shape index (κ2) is 9.67. The van der Waals surface area contributed by atoms with E-state index in [0.29, 0.717) is 13.0 Å². The Morgan fingerprint density at radius 1 is 1.14 bits per heavy atom. The van der Waals surface area contributed by atoms with Crippen LogP contribution in [-0.4, -0.2) is 33.9 Å². The predicted molar refractivity (Wildman–Crippen MR) is 131 cm³/mol. The second-order valence-electron chi connectivity index (χ2n) is 11.4. The van der Waals surface area contributed by atoms with Crippen molar-refractivity contribution in [2.45, 2.75) is 104 Å². The molecular weight excluding hydrogens is 392 g/mol. The van der Waals surface area contributed by atoms with Gasteiger partial charge in [0.1, 0.15) is 0 Å². The van der Waals surface area contributed by atoms with Gasteiger partial charge in [0.15, 0.2) is 8.32 Å². The molecule has 0 aromatic rings. The topological polar surface area (TPSA) is 38.7 Å². The van der Waals surface area contributed by atoms with Gasteiger partial charge in [-0.25, -0.2) is 0 Å². The maximum atomic E-state index is 11.7. The minimum Gasteiger partial charge on any atom is -0.548 e. The Bertz CT molecular complexity index is 644. The van der Waals surface area contributed by atoms with Gasteiger partial charge >= 0.3 is 0 Å². The van der Waals surface area contributed by atoms with E-state index in [0.717, 1.165) is 18.6 Å². The molecule has 0 unspecified atom stereocenters. The Hall–Kier alpha value is -0.626. The van der Waals surface area contributed by atoms with E-state index in [1.54, 1.807) is 0 Å². The highest BCUT2D eigenvalue weighted by molar-refractivity contribution is 6.74. The number of hydrogen-bond acceptors (Lipinski definition) is 3. The molecule has 0 saturated carbocycles. The van der Waals surface area contributed by atoms with Crippen molar-refractivity contribution in [2.24, 2.45) is 5.92 Å². The highest BCUT2D eigenvalue weighted by Crippen LogP contribution is 2.42. The van der Waals surface area contributed by atoms with Crippen LogP contribution in [0, 0.1) is 5.92 Å². The van der Waals surface area contributed by atoms with Crippen molar-refractivity contribution in [3.8, 4) is 0 Å². The van der Waals surface area contributed by atoms with E-state index in [9.17, 15) is 5.11 Å². The predicted octanol–water partition coefficient (Wildman–Crippen LogP) is 7.19. The molecule has 1 aliphatic rings. The third-order valence-corrected chi connectivity index (χ3v) is 11.5. The number of allylic oxidation sites excluding steroid dienone is 4. The SMILES string of the molecule is CC(C)=CC/C=C(\C)[C@H]1C=C(O[Si](C)(C)C)CC[C@]1(O)CO[Si](C)(C)C(C)(C)C. The lowest BCUT2D eigenvalue weighted by Gasteiger charge is -2.44. The zero-order valence-corrected chi connectivity index (χ0v) is 22.9. The maximum absolute atomic E-state index is 11.7. The standard InChI is InChI=1S/C24H46O3Si2/c1-19(2)13-12-14-20(3)22-17-21(27-28(7,8)9)15-16-24(22,25)18-26-29(10,11)23(4,5)6/h13-14,17,22,25H,12,15-16,18H2,1-11H3/b20-14+/t22-,24+/m1/s1. The lowest BCUT2D eigenvalue weighted by Crippen LogP contribution is -2.50. The summed E-state index contributed by atoms with van der Waals surface area (Å²) in [7, 11) is -3.60. The van der Waals surface area contributed by atoms with Gasteiger partial charge in [0.2, 0.25) is 8.32 Å². The van der Waals surface area contributed by atoms with E-state index < -0.39 is 22.2 Å². The van der Waals surface area contributed by atoms with Crippen molar-refractivity contribution in [3.63, 3.8) is 0 Å². The summed E-state index contributed by atoms with van der Waals surface area (Å²) >= 11 is 0. The number of hydrogen-bond donors (Lipinski definition) is 1. The molecular formula is C24H46O3Si2. The molecule has 0 spiro atoms. The fourth-order valence-electron chi connectivity index (χ4n) is 3.24. The van der Waals surface area contributed by atoms with Crippen LogP contribution < -0.4 is 0 Å². The van der Waals surface area contributed by atoms with Gasteiger partial charge in [-0.15, -0.1) is 0 Å². The van der Waals surface area contributed by atoms with Crippen LogP contribution in [-0.2, 0) is 8.85 Å². The van der Waals surface area contributed by atoms with Crippen LogP contribution in [0.15, 0.2) is 35.1 Å². The van der Waals surface area contributed by atoms with Crippen LogP contribution in [0.1, 0.15) is 60.8 Å². The lowest BCUT2D eigenvalue weighted by atomic mass is 9.75. The molecule has 0 aliphatic heterocycles. The molecule has 0 radical (unpaired) electrons. The largest absolute Gasteiger partial charge is 0.548 e. The first-order valence-electron chi connectivity index (χ1n) is 11.0. The molecule has 1 aliphatic carbocycles. The van der Waals surface area contributed by atoms with E-state index >= 15 is 0 Å². The molecule has 0 bridgehead atoms. The quantitative estimate of drug-likeness (QED) is 0.322. The zero-order chi connectivity index (χ0) is 22.7. The normalized spacial score (nSPS) is 24.2. The number of aliphatic hydroxyl groups is 1. The lowest BCUT2D eigenvalue weighted by molar-refractivity contribution is -0.0470. The van der Waals surface area contributed by atoms with E-state index in [-0.39, 0.29) is 11.0 Å². The molecule has 168 valence electrons. The average molecular weight is 439 g/mol. The summed E-state index contributed by atoms with van der Waals surface area (Å²) in [4.78, 5) is 0. The first-order valence-corrected chi connectivity index (χ1v) is 17.3. The molecule has 0 saturated heterocycles. The van der Waals surface area contributed by atoms with Gasteiger partial charge in [-0.05, 0) is 77.5 Å². The van der Waals surface area contributed by atoms with Gasteiger partial charge in [-0.1, -0.05) is 44.1 Å². The summed E-state index contributed by atoms with van der Waals surface area (Å²) in [6.45, 7) is 24.6. The third kappa shape index (κ3) is 8.20. The van der Waals surface area contributed by atoms with Crippen molar-refractivity contribution in [1.29, 1.82) is 0 Å². The maximum Gasteiger partial charge on any atom is 0.241 e. The Labute approximate surface area is 182 Å². The second-order valence-corrected chi connectivity index (χ2v) is 20.7. The van der Waals surface area contributed by atoms with Crippen molar-refractivity contribution >= 4 is 16.6 Å². The fourth-order valence-corrected chi connectivity index (χ4v) is 5.24. The van der Waals surface area contributed by atoms with Gasteiger partial charge in [0.05, 0.1) is 18.0 Å². The first-order chi connectivity index (χ1) is 13.0. The first kappa shape index (κ1) is 26.4. The number of rotatable bonds is 8. The van der Waals surface area contributed by atoms with Crippen LogP contribution in [0.4, 0.5) is 0 Å². The molecule has 0 heterocycles. The highest BCUT2D eigenvalue weighted by atomic mass is 28.4. The van der Waals surface area contributed by atoms with Crippen LogP contribution in [0.2, 0.25) is 37.8 Å². The molecule has 2 atom stereocenters. The molecule has 0 fully saturated rings. The molecule has 0 aromatic heterocycles. The fraction of sp³-hybridized carbons (Fsp3) is 0.750. The Morgan fingerprint density at radius 3 is 2.21 bits per heavy atom. The van der Waals surface area contributed by atoms with Crippen molar-refractivity contribution in [2.75, 3.05) is 6.61 Å². The third-order valence-electron chi connectivity index (χ3n) is 6.12. The van der Waals surface area contributed by atoms with E-state index in [4.69, 9.17) is 8.85 Å². The zero-order valence-electron chi connectivity index (χ0n) is 20.9.